The van der Waals surface area contributed by atoms with Gasteiger partial charge in [0.1, 0.15) is 35.8 Å². The first-order valence-corrected chi connectivity index (χ1v) is 8.97. The van der Waals surface area contributed by atoms with E-state index in [1.54, 1.807) is 6.33 Å². The number of piperazine rings is 1. The number of halogens is 3. The van der Waals surface area contributed by atoms with Crippen molar-refractivity contribution in [2.24, 2.45) is 0 Å². The third-order valence-electron chi connectivity index (χ3n) is 4.94. The lowest BCUT2D eigenvalue weighted by Gasteiger charge is -2.36. The number of anilines is 3. The summed E-state index contributed by atoms with van der Waals surface area (Å²) in [6.07, 6.45) is 0.437. The lowest BCUT2D eigenvalue weighted by molar-refractivity contribution is -0.141. The van der Waals surface area contributed by atoms with Crippen molar-refractivity contribution in [3.63, 3.8) is 0 Å². The Morgan fingerprint density at radius 1 is 0.630 bits per heavy atom. The molecule has 0 unspecified atom stereocenters. The first-order chi connectivity index (χ1) is 13.0. The molecule has 0 radical (unpaired) electrons. The van der Waals surface area contributed by atoms with Gasteiger partial charge in [-0.3, -0.25) is 0 Å². The van der Waals surface area contributed by atoms with Gasteiger partial charge < -0.3 is 14.7 Å². The molecule has 144 valence electrons. The van der Waals surface area contributed by atoms with Crippen LogP contribution < -0.4 is 14.7 Å². The Morgan fingerprint density at radius 3 is 1.59 bits per heavy atom. The Morgan fingerprint density at radius 2 is 1.07 bits per heavy atom. The van der Waals surface area contributed by atoms with Crippen LogP contribution in [0.3, 0.4) is 0 Å². The highest BCUT2D eigenvalue weighted by atomic mass is 19.4. The molecule has 2 fully saturated rings. The van der Waals surface area contributed by atoms with E-state index < -0.39 is 11.9 Å². The van der Waals surface area contributed by atoms with E-state index in [2.05, 4.69) is 29.7 Å². The van der Waals surface area contributed by atoms with Crippen molar-refractivity contribution in [2.75, 3.05) is 54.0 Å². The highest BCUT2D eigenvalue weighted by Crippen LogP contribution is 2.29. The van der Waals surface area contributed by atoms with Crippen LogP contribution in [-0.2, 0) is 6.18 Å². The van der Waals surface area contributed by atoms with Crippen molar-refractivity contribution in [1.82, 2.24) is 19.9 Å². The summed E-state index contributed by atoms with van der Waals surface area (Å²) >= 11 is 0. The fourth-order valence-electron chi connectivity index (χ4n) is 3.47. The number of aromatic nitrogens is 4. The van der Waals surface area contributed by atoms with Gasteiger partial charge in [-0.1, -0.05) is 0 Å². The molecule has 0 spiro atoms. The normalized spacial score (nSPS) is 18.3. The predicted octanol–water partition coefficient (Wildman–Crippen LogP) is 2.21. The molecule has 4 heterocycles. The third kappa shape index (κ3) is 3.88. The molecule has 4 rings (SSSR count). The maximum absolute atomic E-state index is 12.8. The Hall–Kier alpha value is -2.65. The smallest absolute Gasteiger partial charge is 0.356 e. The molecule has 0 amide bonds. The van der Waals surface area contributed by atoms with E-state index in [0.29, 0.717) is 32.0 Å². The molecule has 0 N–H and O–H groups in total. The molecular formula is C17H20F3N7. The largest absolute Gasteiger partial charge is 0.433 e. The summed E-state index contributed by atoms with van der Waals surface area (Å²) in [5, 5.41) is 0. The first-order valence-electron chi connectivity index (χ1n) is 8.97. The van der Waals surface area contributed by atoms with Crippen LogP contribution in [0.25, 0.3) is 0 Å². The zero-order valence-corrected chi connectivity index (χ0v) is 14.7. The predicted molar refractivity (Wildman–Crippen MR) is 94.9 cm³/mol. The van der Waals surface area contributed by atoms with Crippen molar-refractivity contribution in [3.05, 3.63) is 30.5 Å². The monoisotopic (exact) mass is 379 g/mol. The van der Waals surface area contributed by atoms with Gasteiger partial charge in [-0.2, -0.15) is 13.2 Å². The number of hydrogen-bond acceptors (Lipinski definition) is 7. The van der Waals surface area contributed by atoms with Gasteiger partial charge in [0.15, 0.2) is 0 Å². The average molecular weight is 379 g/mol. The summed E-state index contributed by atoms with van der Waals surface area (Å²) in [4.78, 5) is 22.3. The van der Waals surface area contributed by atoms with Crippen LogP contribution in [0.5, 0.6) is 0 Å². The quantitative estimate of drug-likeness (QED) is 0.810. The van der Waals surface area contributed by atoms with Crippen molar-refractivity contribution in [3.8, 4) is 0 Å². The van der Waals surface area contributed by atoms with Gasteiger partial charge in [-0.25, -0.2) is 19.9 Å². The van der Waals surface area contributed by atoms with Crippen LogP contribution in [0.2, 0.25) is 0 Å². The number of alkyl halides is 3. The molecule has 10 heteroatoms. The molecular weight excluding hydrogens is 359 g/mol. The Kier molecular flexibility index (Phi) is 4.71. The van der Waals surface area contributed by atoms with E-state index in [1.807, 2.05) is 11.0 Å². The summed E-state index contributed by atoms with van der Waals surface area (Å²) in [7, 11) is 0. The lowest BCUT2D eigenvalue weighted by Crippen LogP contribution is -2.47. The molecule has 0 atom stereocenters. The first kappa shape index (κ1) is 17.7. The Balaban J connectivity index is 1.43. The van der Waals surface area contributed by atoms with E-state index >= 15 is 0 Å². The Bertz CT molecular complexity index is 784. The van der Waals surface area contributed by atoms with Gasteiger partial charge in [-0.05, 0) is 12.8 Å². The van der Waals surface area contributed by atoms with Gasteiger partial charge in [0.05, 0.1) is 0 Å². The molecule has 0 bridgehead atoms. The number of rotatable bonds is 3. The minimum atomic E-state index is -4.47. The maximum atomic E-state index is 12.8. The zero-order chi connectivity index (χ0) is 18.9. The molecule has 27 heavy (non-hydrogen) atoms. The molecule has 0 saturated carbocycles. The summed E-state index contributed by atoms with van der Waals surface area (Å²) < 4.78 is 38.5. The SMILES string of the molecule is FC(F)(F)c1cc(N2CCN(c3cc(N4CCCC4)ncn3)CC2)ncn1. The van der Waals surface area contributed by atoms with E-state index in [4.69, 9.17) is 0 Å². The molecule has 2 aliphatic rings. The summed E-state index contributed by atoms with van der Waals surface area (Å²) in [6, 6.07) is 3.00. The maximum Gasteiger partial charge on any atom is 0.433 e. The zero-order valence-electron chi connectivity index (χ0n) is 14.7. The summed E-state index contributed by atoms with van der Waals surface area (Å²) in [5.74, 6) is 2.09. The van der Waals surface area contributed by atoms with Crippen molar-refractivity contribution < 1.29 is 13.2 Å². The van der Waals surface area contributed by atoms with Crippen LogP contribution in [-0.4, -0.2) is 59.2 Å². The molecule has 0 aliphatic carbocycles. The minimum Gasteiger partial charge on any atom is -0.356 e. The average Bonchev–Trinajstić information content (AvgIpc) is 3.23. The second-order valence-electron chi connectivity index (χ2n) is 6.66. The molecule has 2 aromatic heterocycles. The standard InChI is InChI=1S/C17H20F3N7/c18-17(19,20)13-9-14(22-11-21-13)26-5-7-27(8-6-26)16-10-15(23-12-24-16)25-3-1-2-4-25/h9-12H,1-8H2. The molecule has 2 saturated heterocycles. The third-order valence-corrected chi connectivity index (χ3v) is 4.94. The van der Waals surface area contributed by atoms with Crippen molar-refractivity contribution in [2.45, 2.75) is 19.0 Å². The molecule has 2 aromatic rings. The molecule has 7 nitrogen and oxygen atoms in total. The fourth-order valence-corrected chi connectivity index (χ4v) is 3.47. The van der Waals surface area contributed by atoms with E-state index in [1.165, 1.54) is 12.8 Å². The second-order valence-corrected chi connectivity index (χ2v) is 6.66. The lowest BCUT2D eigenvalue weighted by atomic mass is 10.3. The van der Waals surface area contributed by atoms with Crippen LogP contribution in [0.1, 0.15) is 18.5 Å². The highest BCUT2D eigenvalue weighted by Gasteiger charge is 2.33. The van der Waals surface area contributed by atoms with Crippen molar-refractivity contribution in [1.29, 1.82) is 0 Å². The fraction of sp³-hybridized carbons (Fsp3) is 0.529. The van der Waals surface area contributed by atoms with E-state index in [0.717, 1.165) is 37.1 Å². The summed E-state index contributed by atoms with van der Waals surface area (Å²) in [6.45, 7) is 4.47. The molecule has 0 aromatic carbocycles. The van der Waals surface area contributed by atoms with Gasteiger partial charge >= 0.3 is 6.18 Å². The Labute approximate surface area is 154 Å². The van der Waals surface area contributed by atoms with Crippen LogP contribution in [0.4, 0.5) is 30.6 Å². The minimum absolute atomic E-state index is 0.303. The van der Waals surface area contributed by atoms with Gasteiger partial charge in [-0.15, -0.1) is 0 Å². The van der Waals surface area contributed by atoms with Crippen molar-refractivity contribution >= 4 is 17.5 Å². The van der Waals surface area contributed by atoms with Gasteiger partial charge in [0, 0.05) is 51.4 Å². The number of nitrogens with zero attached hydrogens (tertiary/aromatic N) is 7. The van der Waals surface area contributed by atoms with Crippen LogP contribution in [0, 0.1) is 0 Å². The van der Waals surface area contributed by atoms with Crippen LogP contribution in [0.15, 0.2) is 24.8 Å². The topological polar surface area (TPSA) is 61.3 Å². The highest BCUT2D eigenvalue weighted by molar-refractivity contribution is 5.52. The van der Waals surface area contributed by atoms with E-state index in [-0.39, 0.29) is 0 Å². The summed E-state index contributed by atoms with van der Waals surface area (Å²) in [5.41, 5.74) is -0.916. The van der Waals surface area contributed by atoms with E-state index in [9.17, 15) is 13.2 Å². The van der Waals surface area contributed by atoms with Crippen LogP contribution >= 0.6 is 0 Å². The number of hydrogen-bond donors (Lipinski definition) is 0. The molecule has 2 aliphatic heterocycles. The van der Waals surface area contributed by atoms with Gasteiger partial charge in [0.2, 0.25) is 0 Å². The van der Waals surface area contributed by atoms with Gasteiger partial charge in [0.25, 0.3) is 0 Å². The second kappa shape index (κ2) is 7.16.